The molecule has 6 nitrogen and oxygen atoms in total. The van der Waals surface area contributed by atoms with Crippen LogP contribution in [0.25, 0.3) is 0 Å². The number of nitro benzene ring substituents is 1. The molecule has 0 amide bonds. The molecule has 0 heterocycles. The first-order valence-corrected chi connectivity index (χ1v) is 8.52. The van der Waals surface area contributed by atoms with Crippen LogP contribution in [0, 0.1) is 10.1 Å². The molecule has 0 bridgehead atoms. The van der Waals surface area contributed by atoms with Crippen molar-refractivity contribution >= 4 is 21.2 Å². The Balaban J connectivity index is 1.95. The lowest BCUT2D eigenvalue weighted by Gasteiger charge is -2.08. The first-order valence-electron chi connectivity index (χ1n) is 6.69. The van der Waals surface area contributed by atoms with Gasteiger partial charge in [0.25, 0.3) is 5.69 Å². The fourth-order valence-corrected chi connectivity index (χ4v) is 3.28. The molecule has 0 spiro atoms. The zero-order valence-electron chi connectivity index (χ0n) is 11.8. The van der Waals surface area contributed by atoms with Gasteiger partial charge in [-0.25, -0.2) is 8.42 Å². The SMILES string of the molecule is O=[N+]([O-])c1ccccc1NCCS(=O)(=O)Cc1ccccc1. The van der Waals surface area contributed by atoms with Gasteiger partial charge in [0.2, 0.25) is 0 Å². The van der Waals surface area contributed by atoms with Crippen LogP contribution in [0.4, 0.5) is 11.4 Å². The molecule has 2 aromatic rings. The van der Waals surface area contributed by atoms with E-state index in [1.807, 2.05) is 6.07 Å². The van der Waals surface area contributed by atoms with Crippen LogP contribution >= 0.6 is 0 Å². The van der Waals surface area contributed by atoms with Crippen molar-refractivity contribution in [2.45, 2.75) is 5.75 Å². The van der Waals surface area contributed by atoms with Crippen molar-refractivity contribution in [1.82, 2.24) is 0 Å². The minimum absolute atomic E-state index is 0.0353. The maximum atomic E-state index is 12.0. The second-order valence-corrected chi connectivity index (χ2v) is 6.96. The highest BCUT2D eigenvalue weighted by molar-refractivity contribution is 7.90. The minimum Gasteiger partial charge on any atom is -0.378 e. The Labute approximate surface area is 128 Å². The Morgan fingerprint density at radius 3 is 2.32 bits per heavy atom. The predicted octanol–water partition coefficient (Wildman–Crippen LogP) is 2.62. The lowest BCUT2D eigenvalue weighted by molar-refractivity contribution is -0.384. The van der Waals surface area contributed by atoms with Gasteiger partial charge >= 0.3 is 0 Å². The number of benzene rings is 2. The maximum absolute atomic E-state index is 12.0. The molecule has 0 aliphatic carbocycles. The summed E-state index contributed by atoms with van der Waals surface area (Å²) >= 11 is 0. The molecule has 0 aliphatic heterocycles. The maximum Gasteiger partial charge on any atom is 0.292 e. The highest BCUT2D eigenvalue weighted by atomic mass is 32.2. The molecular formula is C15H16N2O4S. The lowest BCUT2D eigenvalue weighted by Crippen LogP contribution is -2.17. The quantitative estimate of drug-likeness (QED) is 0.625. The second kappa shape index (κ2) is 7.04. The Morgan fingerprint density at radius 2 is 1.64 bits per heavy atom. The van der Waals surface area contributed by atoms with E-state index in [1.165, 1.54) is 6.07 Å². The molecule has 0 aromatic heterocycles. The molecule has 0 atom stereocenters. The molecular weight excluding hydrogens is 304 g/mol. The summed E-state index contributed by atoms with van der Waals surface area (Å²) in [5, 5.41) is 13.7. The van der Waals surface area contributed by atoms with Crippen molar-refractivity contribution in [2.24, 2.45) is 0 Å². The number of nitrogens with zero attached hydrogens (tertiary/aromatic N) is 1. The van der Waals surface area contributed by atoms with Crippen LogP contribution in [-0.4, -0.2) is 25.6 Å². The van der Waals surface area contributed by atoms with Crippen LogP contribution in [0.1, 0.15) is 5.56 Å². The third-order valence-electron chi connectivity index (χ3n) is 3.06. The van der Waals surface area contributed by atoms with Gasteiger partial charge in [0.05, 0.1) is 16.4 Å². The number of sulfone groups is 1. The average molecular weight is 320 g/mol. The van der Waals surface area contributed by atoms with Gasteiger partial charge in [-0.3, -0.25) is 10.1 Å². The van der Waals surface area contributed by atoms with E-state index in [0.29, 0.717) is 5.69 Å². The van der Waals surface area contributed by atoms with Crippen molar-refractivity contribution < 1.29 is 13.3 Å². The standard InChI is InChI=1S/C15H16N2O4S/c18-17(19)15-9-5-4-8-14(15)16-10-11-22(20,21)12-13-6-2-1-3-7-13/h1-9,16H,10-12H2. The summed E-state index contributed by atoms with van der Waals surface area (Å²) in [5.74, 6) is -0.125. The van der Waals surface area contributed by atoms with Crippen molar-refractivity contribution in [2.75, 3.05) is 17.6 Å². The van der Waals surface area contributed by atoms with E-state index in [2.05, 4.69) is 5.32 Å². The average Bonchev–Trinajstić information content (AvgIpc) is 2.48. The Bertz CT molecular complexity index is 745. The molecule has 2 aromatic carbocycles. The molecule has 0 radical (unpaired) electrons. The van der Waals surface area contributed by atoms with Gasteiger partial charge in [0.15, 0.2) is 9.84 Å². The number of anilines is 1. The topological polar surface area (TPSA) is 89.3 Å². The first-order chi connectivity index (χ1) is 10.5. The fraction of sp³-hybridized carbons (Fsp3) is 0.200. The molecule has 0 aliphatic rings. The van der Waals surface area contributed by atoms with Gasteiger partial charge < -0.3 is 5.32 Å². The van der Waals surface area contributed by atoms with Crippen LogP contribution in [0.3, 0.4) is 0 Å². The van der Waals surface area contributed by atoms with E-state index in [0.717, 1.165) is 5.56 Å². The summed E-state index contributed by atoms with van der Waals surface area (Å²) in [7, 11) is -3.27. The van der Waals surface area contributed by atoms with Gasteiger partial charge in [0, 0.05) is 12.6 Å². The third kappa shape index (κ3) is 4.56. The third-order valence-corrected chi connectivity index (χ3v) is 4.66. The Morgan fingerprint density at radius 1 is 1.00 bits per heavy atom. The minimum atomic E-state index is -3.27. The van der Waals surface area contributed by atoms with E-state index in [4.69, 9.17) is 0 Å². The lowest BCUT2D eigenvalue weighted by atomic mass is 10.2. The molecule has 0 unspecified atom stereocenters. The van der Waals surface area contributed by atoms with Crippen molar-refractivity contribution in [1.29, 1.82) is 0 Å². The van der Waals surface area contributed by atoms with Crippen LogP contribution in [0.2, 0.25) is 0 Å². The molecule has 2 rings (SSSR count). The summed E-state index contributed by atoms with van der Waals surface area (Å²) in [6.07, 6.45) is 0. The first kappa shape index (κ1) is 16.0. The summed E-state index contributed by atoms with van der Waals surface area (Å²) < 4.78 is 24.1. The van der Waals surface area contributed by atoms with E-state index < -0.39 is 14.8 Å². The summed E-state index contributed by atoms with van der Waals surface area (Å²) in [6.45, 7) is 0.125. The number of nitro groups is 1. The van der Waals surface area contributed by atoms with Crippen LogP contribution in [0.5, 0.6) is 0 Å². The van der Waals surface area contributed by atoms with Gasteiger partial charge in [-0.05, 0) is 11.6 Å². The van der Waals surface area contributed by atoms with E-state index in [9.17, 15) is 18.5 Å². The molecule has 1 N–H and O–H groups in total. The second-order valence-electron chi connectivity index (χ2n) is 4.78. The predicted molar refractivity (Wildman–Crippen MR) is 85.5 cm³/mol. The monoisotopic (exact) mass is 320 g/mol. The van der Waals surface area contributed by atoms with Crippen LogP contribution < -0.4 is 5.32 Å². The van der Waals surface area contributed by atoms with Crippen LogP contribution in [-0.2, 0) is 15.6 Å². The van der Waals surface area contributed by atoms with Gasteiger partial charge in [0.1, 0.15) is 5.69 Å². The normalized spacial score (nSPS) is 11.1. The molecule has 22 heavy (non-hydrogen) atoms. The molecule has 0 fully saturated rings. The molecule has 7 heteroatoms. The summed E-state index contributed by atoms with van der Waals surface area (Å²) in [4.78, 5) is 10.4. The highest BCUT2D eigenvalue weighted by Crippen LogP contribution is 2.22. The van der Waals surface area contributed by atoms with Crippen molar-refractivity contribution in [3.8, 4) is 0 Å². The van der Waals surface area contributed by atoms with Gasteiger partial charge in [-0.2, -0.15) is 0 Å². The van der Waals surface area contributed by atoms with Gasteiger partial charge in [-0.15, -0.1) is 0 Å². The zero-order valence-corrected chi connectivity index (χ0v) is 12.6. The molecule has 0 saturated heterocycles. The van der Waals surface area contributed by atoms with Gasteiger partial charge in [-0.1, -0.05) is 42.5 Å². The molecule has 116 valence electrons. The van der Waals surface area contributed by atoms with Crippen LogP contribution in [0.15, 0.2) is 54.6 Å². The number of hydrogen-bond acceptors (Lipinski definition) is 5. The number of hydrogen-bond donors (Lipinski definition) is 1. The summed E-state index contributed by atoms with van der Waals surface area (Å²) in [5.41, 5.74) is 0.985. The summed E-state index contributed by atoms with van der Waals surface area (Å²) in [6, 6.07) is 15.1. The number of para-hydroxylation sites is 2. The van der Waals surface area contributed by atoms with Crippen molar-refractivity contribution in [3.05, 3.63) is 70.3 Å². The zero-order chi connectivity index (χ0) is 16.0. The van der Waals surface area contributed by atoms with E-state index >= 15 is 0 Å². The Kier molecular flexibility index (Phi) is 5.11. The number of nitrogens with one attached hydrogen (secondary N) is 1. The smallest absolute Gasteiger partial charge is 0.292 e. The van der Waals surface area contributed by atoms with E-state index in [1.54, 1.807) is 42.5 Å². The molecule has 0 saturated carbocycles. The largest absolute Gasteiger partial charge is 0.378 e. The van der Waals surface area contributed by atoms with E-state index in [-0.39, 0.29) is 23.7 Å². The highest BCUT2D eigenvalue weighted by Gasteiger charge is 2.14. The number of rotatable bonds is 7. The fourth-order valence-electron chi connectivity index (χ4n) is 2.02. The van der Waals surface area contributed by atoms with Crippen molar-refractivity contribution in [3.63, 3.8) is 0 Å². The Hall–Kier alpha value is -2.41.